The van der Waals surface area contributed by atoms with Crippen molar-refractivity contribution in [2.75, 3.05) is 0 Å². The molecule has 3 nitrogen and oxygen atoms in total. The van der Waals surface area contributed by atoms with Gasteiger partial charge in [-0.05, 0) is 166 Å². The molecule has 0 aliphatic heterocycles. The number of rotatable bonds is 15. The molecule has 0 aliphatic rings. The minimum Gasteiger partial charge on any atom is -0.295 e. The van der Waals surface area contributed by atoms with Crippen LogP contribution in [-0.4, -0.2) is 17.3 Å². The fourth-order valence-corrected chi connectivity index (χ4v) is 11.2. The molecule has 0 bridgehead atoms. The van der Waals surface area contributed by atoms with Gasteiger partial charge in [0.1, 0.15) is 0 Å². The second-order valence-electron chi connectivity index (χ2n) is 13.2. The van der Waals surface area contributed by atoms with Gasteiger partial charge in [-0.2, -0.15) is 0 Å². The Morgan fingerprint density at radius 3 is 0.836 bits per heavy atom. The number of hydrogen-bond donors (Lipinski definition) is 0. The third-order valence-corrected chi connectivity index (χ3v) is 14.6. The number of ketones is 3. The largest absolute Gasteiger partial charge is 0.295 e. The van der Waals surface area contributed by atoms with Gasteiger partial charge in [-0.25, -0.2) is 0 Å². The van der Waals surface area contributed by atoms with Crippen LogP contribution in [-0.2, 0) is 30.2 Å². The predicted octanol–water partition coefficient (Wildman–Crippen LogP) is 13.5. The molecule has 55 heavy (non-hydrogen) atoms. The molecule has 0 saturated carbocycles. The number of Topliss-reactive ketones (excluding diaryl/α,β-unsaturated/α-hetero) is 3. The molecular formula is C48H45O3S4+. The van der Waals surface area contributed by atoms with Crippen LogP contribution in [0.1, 0.15) is 89.3 Å². The highest BCUT2D eigenvalue weighted by atomic mass is 32.2. The van der Waals surface area contributed by atoms with Gasteiger partial charge in [-0.1, -0.05) is 74.3 Å². The molecule has 0 aliphatic carbocycles. The van der Waals surface area contributed by atoms with Crippen molar-refractivity contribution in [2.45, 2.75) is 105 Å². The van der Waals surface area contributed by atoms with Crippen LogP contribution in [0.25, 0.3) is 0 Å². The van der Waals surface area contributed by atoms with Crippen LogP contribution in [0.5, 0.6) is 0 Å². The summed E-state index contributed by atoms with van der Waals surface area (Å²) in [7, 11) is -0.359. The van der Waals surface area contributed by atoms with Crippen LogP contribution in [0, 0.1) is 0 Å². The SMILES string of the molecule is CCc1cc(Sc2ccc([S+](c3ccc(Sc4ccc(C(C)=O)c(CC)c4)cc3)c3ccc(Sc4ccc(C(C)=O)c(CC)c4)cc3)cc2)ccc1C(C)=O. The molecule has 6 rings (SSSR count). The zero-order chi connectivity index (χ0) is 39.1. The van der Waals surface area contributed by atoms with Crippen LogP contribution in [0.15, 0.2) is 171 Å². The van der Waals surface area contributed by atoms with E-state index in [-0.39, 0.29) is 28.2 Å². The lowest BCUT2D eigenvalue weighted by molar-refractivity contribution is 0.100. The third-order valence-electron chi connectivity index (χ3n) is 9.40. The van der Waals surface area contributed by atoms with Crippen LogP contribution < -0.4 is 0 Å². The maximum absolute atomic E-state index is 12.1. The van der Waals surface area contributed by atoms with E-state index in [1.165, 1.54) is 14.7 Å². The second-order valence-corrected chi connectivity index (χ2v) is 18.7. The Morgan fingerprint density at radius 1 is 0.382 bits per heavy atom. The van der Waals surface area contributed by atoms with E-state index in [9.17, 15) is 14.4 Å². The fourth-order valence-electron chi connectivity index (χ4n) is 6.56. The van der Waals surface area contributed by atoms with E-state index >= 15 is 0 Å². The van der Waals surface area contributed by atoms with Crippen LogP contribution in [0.4, 0.5) is 0 Å². The van der Waals surface area contributed by atoms with E-state index in [1.807, 2.05) is 36.4 Å². The quantitative estimate of drug-likeness (QED) is 0.0762. The number of benzene rings is 6. The van der Waals surface area contributed by atoms with E-state index < -0.39 is 0 Å². The van der Waals surface area contributed by atoms with Crippen LogP contribution in [0.2, 0.25) is 0 Å². The summed E-state index contributed by atoms with van der Waals surface area (Å²) in [6, 6.07) is 45.1. The standard InChI is InChI=1S/C48H45O3S4/c1-7-34-28-40(16-25-46(34)31(4)49)52-37-10-19-43(20-11-37)55(44-21-12-38(13-22-44)53-41-17-26-47(32(5)50)35(8-2)29-41)45-23-14-39(15-24-45)54-42-18-27-48(33(6)51)36(9-3)30-42/h10-30H,7-9H2,1-6H3/q+1. The zero-order valence-electron chi connectivity index (χ0n) is 32.1. The summed E-state index contributed by atoms with van der Waals surface area (Å²) >= 11 is 5.14. The molecule has 6 aromatic carbocycles. The normalized spacial score (nSPS) is 11.2. The summed E-state index contributed by atoms with van der Waals surface area (Å²) in [6.07, 6.45) is 2.45. The molecule has 0 aromatic heterocycles. The molecule has 7 heteroatoms. The molecule has 0 saturated heterocycles. The lowest BCUT2D eigenvalue weighted by atomic mass is 10.0. The van der Waals surface area contributed by atoms with E-state index in [0.29, 0.717) is 0 Å². The van der Waals surface area contributed by atoms with Crippen molar-refractivity contribution in [3.63, 3.8) is 0 Å². The van der Waals surface area contributed by atoms with Crippen molar-refractivity contribution in [1.29, 1.82) is 0 Å². The topological polar surface area (TPSA) is 51.2 Å². The number of hydrogen-bond acceptors (Lipinski definition) is 6. The smallest absolute Gasteiger partial charge is 0.166 e. The van der Waals surface area contributed by atoms with Gasteiger partial charge in [0.15, 0.2) is 32.0 Å². The summed E-state index contributed by atoms with van der Waals surface area (Å²) in [6.45, 7) is 11.2. The first-order valence-electron chi connectivity index (χ1n) is 18.6. The van der Waals surface area contributed by atoms with Crippen molar-refractivity contribution in [3.8, 4) is 0 Å². The minimum atomic E-state index is -0.359. The highest BCUT2D eigenvalue weighted by Crippen LogP contribution is 2.38. The van der Waals surface area contributed by atoms with Crippen molar-refractivity contribution in [3.05, 3.63) is 161 Å². The predicted molar refractivity (Wildman–Crippen MR) is 231 cm³/mol. The van der Waals surface area contributed by atoms with Gasteiger partial charge in [-0.15, -0.1) is 0 Å². The van der Waals surface area contributed by atoms with Gasteiger partial charge in [0.25, 0.3) is 0 Å². The van der Waals surface area contributed by atoms with E-state index in [4.69, 9.17) is 0 Å². The van der Waals surface area contributed by atoms with E-state index in [1.54, 1.807) is 56.1 Å². The van der Waals surface area contributed by atoms with Gasteiger partial charge in [0.05, 0.1) is 10.9 Å². The van der Waals surface area contributed by atoms with Gasteiger partial charge in [0, 0.05) is 46.1 Å². The lowest BCUT2D eigenvalue weighted by Gasteiger charge is -2.12. The second kappa shape index (κ2) is 18.6. The van der Waals surface area contributed by atoms with Gasteiger partial charge in [-0.3, -0.25) is 14.4 Å². The van der Waals surface area contributed by atoms with E-state index in [2.05, 4.69) is 112 Å². The molecule has 0 N–H and O–H groups in total. The van der Waals surface area contributed by atoms with E-state index in [0.717, 1.165) is 82.0 Å². The third kappa shape index (κ3) is 9.95. The average molecular weight is 798 g/mol. The highest BCUT2D eigenvalue weighted by molar-refractivity contribution is 8.00. The first kappa shape index (κ1) is 40.4. The maximum atomic E-state index is 12.1. The Hall–Kier alpha value is -4.27. The summed E-state index contributed by atoms with van der Waals surface area (Å²) in [5, 5.41) is 0. The Morgan fingerprint density at radius 2 is 0.618 bits per heavy atom. The van der Waals surface area contributed by atoms with Crippen molar-refractivity contribution in [1.82, 2.24) is 0 Å². The molecule has 0 atom stereocenters. The Bertz CT molecular complexity index is 2060. The Kier molecular flexibility index (Phi) is 13.6. The number of carbonyl (C=O) groups is 3. The summed E-state index contributed by atoms with van der Waals surface area (Å²) in [5.41, 5.74) is 5.64. The van der Waals surface area contributed by atoms with Crippen molar-refractivity contribution >= 4 is 63.5 Å². The van der Waals surface area contributed by atoms with Gasteiger partial charge >= 0.3 is 0 Å². The van der Waals surface area contributed by atoms with Crippen molar-refractivity contribution < 1.29 is 14.4 Å². The average Bonchev–Trinajstić information content (AvgIpc) is 3.19. The minimum absolute atomic E-state index is 0.103. The monoisotopic (exact) mass is 797 g/mol. The van der Waals surface area contributed by atoms with Crippen LogP contribution in [0.3, 0.4) is 0 Å². The molecular weight excluding hydrogens is 753 g/mol. The summed E-state index contributed by atoms with van der Waals surface area (Å²) in [4.78, 5) is 46.8. The molecule has 0 fully saturated rings. The zero-order valence-corrected chi connectivity index (χ0v) is 35.4. The summed E-state index contributed by atoms with van der Waals surface area (Å²) < 4.78 is 0. The Balaban J connectivity index is 1.29. The Labute approximate surface area is 341 Å². The molecule has 0 amide bonds. The molecule has 0 unspecified atom stereocenters. The maximum Gasteiger partial charge on any atom is 0.166 e. The molecule has 0 radical (unpaired) electrons. The lowest BCUT2D eigenvalue weighted by Crippen LogP contribution is -2.05. The fraction of sp³-hybridized carbons (Fsp3) is 0.188. The van der Waals surface area contributed by atoms with Gasteiger partial charge in [0.2, 0.25) is 0 Å². The first-order valence-corrected chi connectivity index (χ1v) is 22.2. The molecule has 0 spiro atoms. The molecule has 0 heterocycles. The first-order chi connectivity index (χ1) is 26.6. The summed E-state index contributed by atoms with van der Waals surface area (Å²) in [5.74, 6) is 0.308. The number of carbonyl (C=O) groups excluding carboxylic acids is 3. The van der Waals surface area contributed by atoms with Crippen molar-refractivity contribution in [2.24, 2.45) is 0 Å². The van der Waals surface area contributed by atoms with Crippen LogP contribution >= 0.6 is 35.3 Å². The number of aryl methyl sites for hydroxylation is 3. The van der Waals surface area contributed by atoms with Gasteiger partial charge < -0.3 is 0 Å². The molecule has 6 aromatic rings. The molecule has 278 valence electrons. The highest BCUT2D eigenvalue weighted by Gasteiger charge is 2.29.